The van der Waals surface area contributed by atoms with Gasteiger partial charge in [-0.3, -0.25) is 14.7 Å². The molecule has 0 aromatic carbocycles. The number of hydrogen-bond donors (Lipinski definition) is 2. The minimum absolute atomic E-state index is 0.0119. The van der Waals surface area contributed by atoms with Crippen molar-refractivity contribution < 1.29 is 9.53 Å². The SMILES string of the molecule is COCCn1ccc(NC(=O)N[C@H](C)Cc2c(C)nn(C)c2C)n1. The molecule has 0 bridgehead atoms. The number of anilines is 1. The third-order valence-electron chi connectivity index (χ3n) is 3.95. The summed E-state index contributed by atoms with van der Waals surface area (Å²) < 4.78 is 8.59. The van der Waals surface area contributed by atoms with Gasteiger partial charge in [0, 0.05) is 38.2 Å². The second kappa shape index (κ2) is 7.96. The zero-order valence-electron chi connectivity index (χ0n) is 15.0. The molecular weight excluding hydrogens is 308 g/mol. The van der Waals surface area contributed by atoms with E-state index in [9.17, 15) is 4.79 Å². The van der Waals surface area contributed by atoms with Crippen molar-refractivity contribution in [3.63, 3.8) is 0 Å². The molecule has 0 radical (unpaired) electrons. The number of amides is 2. The number of urea groups is 1. The fourth-order valence-corrected chi connectivity index (χ4v) is 2.58. The number of nitrogens with zero attached hydrogens (tertiary/aromatic N) is 4. The topological polar surface area (TPSA) is 86.0 Å². The normalized spacial score (nSPS) is 12.2. The smallest absolute Gasteiger partial charge is 0.320 e. The van der Waals surface area contributed by atoms with Crippen LogP contribution in [-0.4, -0.2) is 45.4 Å². The molecule has 8 heteroatoms. The van der Waals surface area contributed by atoms with E-state index in [4.69, 9.17) is 4.74 Å². The summed E-state index contributed by atoms with van der Waals surface area (Å²) in [5.74, 6) is 0.518. The second-order valence-electron chi connectivity index (χ2n) is 5.93. The predicted molar refractivity (Wildman–Crippen MR) is 92.1 cm³/mol. The minimum Gasteiger partial charge on any atom is -0.383 e. The van der Waals surface area contributed by atoms with Crippen molar-refractivity contribution >= 4 is 11.8 Å². The first-order valence-electron chi connectivity index (χ1n) is 7.99. The largest absolute Gasteiger partial charge is 0.383 e. The highest BCUT2D eigenvalue weighted by molar-refractivity contribution is 5.88. The Balaban J connectivity index is 1.86. The van der Waals surface area contributed by atoms with Crippen LogP contribution in [0.4, 0.5) is 10.6 Å². The van der Waals surface area contributed by atoms with Gasteiger partial charge in [0.05, 0.1) is 18.8 Å². The van der Waals surface area contributed by atoms with Gasteiger partial charge in [-0.1, -0.05) is 0 Å². The molecule has 0 fully saturated rings. The van der Waals surface area contributed by atoms with Crippen LogP contribution in [-0.2, 0) is 24.8 Å². The van der Waals surface area contributed by atoms with Crippen molar-refractivity contribution in [3.8, 4) is 0 Å². The van der Waals surface area contributed by atoms with Gasteiger partial charge in [0.2, 0.25) is 0 Å². The highest BCUT2D eigenvalue weighted by atomic mass is 16.5. The summed E-state index contributed by atoms with van der Waals surface area (Å²) in [4.78, 5) is 12.1. The second-order valence-corrected chi connectivity index (χ2v) is 5.93. The minimum atomic E-state index is -0.265. The Bertz CT molecular complexity index is 691. The van der Waals surface area contributed by atoms with Crippen LogP contribution in [0.2, 0.25) is 0 Å². The third-order valence-corrected chi connectivity index (χ3v) is 3.95. The Morgan fingerprint density at radius 3 is 2.75 bits per heavy atom. The number of nitrogens with one attached hydrogen (secondary N) is 2. The molecule has 24 heavy (non-hydrogen) atoms. The van der Waals surface area contributed by atoms with Gasteiger partial charge in [-0.05, 0) is 32.8 Å². The molecule has 2 amide bonds. The molecular formula is C16H26N6O2. The van der Waals surface area contributed by atoms with Crippen molar-refractivity contribution in [3.05, 3.63) is 29.2 Å². The molecule has 0 aliphatic heterocycles. The molecule has 2 aromatic rings. The van der Waals surface area contributed by atoms with E-state index in [0.717, 1.165) is 17.8 Å². The van der Waals surface area contributed by atoms with E-state index >= 15 is 0 Å². The summed E-state index contributed by atoms with van der Waals surface area (Å²) in [5, 5.41) is 14.3. The van der Waals surface area contributed by atoms with Crippen LogP contribution in [0.3, 0.4) is 0 Å². The lowest BCUT2D eigenvalue weighted by Crippen LogP contribution is -2.37. The maximum atomic E-state index is 12.1. The predicted octanol–water partition coefficient (Wildman–Crippen LogP) is 1.63. The number of aromatic nitrogens is 4. The molecule has 0 saturated carbocycles. The quantitative estimate of drug-likeness (QED) is 0.806. The lowest BCUT2D eigenvalue weighted by atomic mass is 10.1. The number of aryl methyl sites for hydroxylation is 2. The van der Waals surface area contributed by atoms with E-state index in [1.165, 1.54) is 5.56 Å². The Morgan fingerprint density at radius 1 is 1.38 bits per heavy atom. The van der Waals surface area contributed by atoms with Crippen LogP contribution in [0.1, 0.15) is 23.9 Å². The van der Waals surface area contributed by atoms with Gasteiger partial charge in [0.25, 0.3) is 0 Å². The highest BCUT2D eigenvalue weighted by Gasteiger charge is 2.15. The van der Waals surface area contributed by atoms with E-state index in [2.05, 4.69) is 20.8 Å². The zero-order valence-corrected chi connectivity index (χ0v) is 15.0. The number of carbonyl (C=O) groups excluding carboxylic acids is 1. The molecule has 0 unspecified atom stereocenters. The summed E-state index contributed by atoms with van der Waals surface area (Å²) in [6.07, 6.45) is 2.54. The summed E-state index contributed by atoms with van der Waals surface area (Å²) >= 11 is 0. The lowest BCUT2D eigenvalue weighted by Gasteiger charge is -2.14. The number of rotatable bonds is 7. The van der Waals surface area contributed by atoms with Gasteiger partial charge >= 0.3 is 6.03 Å². The first-order valence-corrected chi connectivity index (χ1v) is 7.99. The fraction of sp³-hybridized carbons (Fsp3) is 0.562. The van der Waals surface area contributed by atoms with E-state index in [1.54, 1.807) is 24.1 Å². The monoisotopic (exact) mass is 334 g/mol. The average Bonchev–Trinajstić information content (AvgIpc) is 3.05. The molecule has 0 aliphatic carbocycles. The number of hydrogen-bond acceptors (Lipinski definition) is 4. The van der Waals surface area contributed by atoms with Crippen molar-refractivity contribution in [2.24, 2.45) is 7.05 Å². The molecule has 2 rings (SSSR count). The summed E-state index contributed by atoms with van der Waals surface area (Å²) in [6, 6.07) is 1.48. The maximum absolute atomic E-state index is 12.1. The van der Waals surface area contributed by atoms with Crippen LogP contribution >= 0.6 is 0 Å². The number of methoxy groups -OCH3 is 1. The van der Waals surface area contributed by atoms with Crippen LogP contribution < -0.4 is 10.6 Å². The molecule has 132 valence electrons. The molecule has 2 N–H and O–H groups in total. The van der Waals surface area contributed by atoms with Gasteiger partial charge in [0.15, 0.2) is 5.82 Å². The van der Waals surface area contributed by atoms with E-state index in [0.29, 0.717) is 19.0 Å². The van der Waals surface area contributed by atoms with Gasteiger partial charge in [-0.2, -0.15) is 10.2 Å². The zero-order chi connectivity index (χ0) is 17.7. The first-order chi connectivity index (χ1) is 11.4. The Kier molecular flexibility index (Phi) is 5.97. The van der Waals surface area contributed by atoms with Crippen molar-refractivity contribution in [1.82, 2.24) is 24.9 Å². The molecule has 8 nitrogen and oxygen atoms in total. The molecule has 2 heterocycles. The highest BCUT2D eigenvalue weighted by Crippen LogP contribution is 2.14. The summed E-state index contributed by atoms with van der Waals surface area (Å²) in [7, 11) is 3.57. The van der Waals surface area contributed by atoms with Crippen LogP contribution in [0.5, 0.6) is 0 Å². The van der Waals surface area contributed by atoms with Gasteiger partial charge in [-0.25, -0.2) is 4.79 Å². The standard InChI is InChI=1S/C16H26N6O2/c1-11(10-14-12(2)19-21(4)13(14)3)17-16(23)18-15-6-7-22(20-15)8-9-24-5/h6-7,11H,8-10H2,1-5H3,(H2,17,18,20,23)/t11-/m1/s1. The van der Waals surface area contributed by atoms with Gasteiger partial charge in [-0.15, -0.1) is 0 Å². The summed E-state index contributed by atoms with van der Waals surface area (Å²) in [6.45, 7) is 7.23. The number of ether oxygens (including phenoxy) is 1. The van der Waals surface area contributed by atoms with E-state index < -0.39 is 0 Å². The fourth-order valence-electron chi connectivity index (χ4n) is 2.58. The van der Waals surface area contributed by atoms with Crippen LogP contribution in [0.25, 0.3) is 0 Å². The van der Waals surface area contributed by atoms with Crippen molar-refractivity contribution in [1.29, 1.82) is 0 Å². The number of carbonyl (C=O) groups is 1. The van der Waals surface area contributed by atoms with Gasteiger partial charge in [0.1, 0.15) is 0 Å². The third kappa shape index (κ3) is 4.58. The Morgan fingerprint density at radius 2 is 2.12 bits per heavy atom. The summed E-state index contributed by atoms with van der Waals surface area (Å²) in [5.41, 5.74) is 3.30. The van der Waals surface area contributed by atoms with E-state index in [1.807, 2.05) is 32.5 Å². The Hall–Kier alpha value is -2.35. The molecule has 1 atom stereocenters. The van der Waals surface area contributed by atoms with Crippen LogP contribution in [0, 0.1) is 13.8 Å². The van der Waals surface area contributed by atoms with Crippen molar-refractivity contribution in [2.45, 2.75) is 39.8 Å². The molecule has 0 spiro atoms. The molecule has 2 aromatic heterocycles. The average molecular weight is 334 g/mol. The first kappa shape index (κ1) is 18.0. The molecule has 0 aliphatic rings. The van der Waals surface area contributed by atoms with Gasteiger partial charge < -0.3 is 10.1 Å². The Labute approximate surface area is 142 Å². The molecule has 0 saturated heterocycles. The van der Waals surface area contributed by atoms with Crippen LogP contribution in [0.15, 0.2) is 12.3 Å². The maximum Gasteiger partial charge on any atom is 0.320 e. The van der Waals surface area contributed by atoms with Crippen molar-refractivity contribution in [2.75, 3.05) is 19.0 Å². The lowest BCUT2D eigenvalue weighted by molar-refractivity contribution is 0.183. The van der Waals surface area contributed by atoms with E-state index in [-0.39, 0.29) is 12.1 Å².